The quantitative estimate of drug-likeness (QED) is 0.762. The number of carbonyl (C=O) groups excluding carboxylic acids is 1. The summed E-state index contributed by atoms with van der Waals surface area (Å²) < 4.78 is 0. The summed E-state index contributed by atoms with van der Waals surface area (Å²) in [6.07, 6.45) is 5.82. The third-order valence-corrected chi connectivity index (χ3v) is 3.15. The number of carboxylic acid groups (broad SMARTS) is 1. The number of amides is 2. The van der Waals surface area contributed by atoms with E-state index in [0.717, 1.165) is 12.8 Å². The van der Waals surface area contributed by atoms with Crippen molar-refractivity contribution >= 4 is 17.9 Å². The van der Waals surface area contributed by atoms with E-state index in [0.29, 0.717) is 12.8 Å². The van der Waals surface area contributed by atoms with E-state index in [9.17, 15) is 9.59 Å². The lowest BCUT2D eigenvalue weighted by Gasteiger charge is -2.27. The number of anilines is 1. The molecule has 0 saturated heterocycles. The van der Waals surface area contributed by atoms with Crippen LogP contribution in [-0.2, 0) is 4.79 Å². The molecule has 1 aliphatic carbocycles. The molecular formula is C12H16N4O3. The normalized spacial score (nSPS) is 22.5. The van der Waals surface area contributed by atoms with E-state index in [2.05, 4.69) is 20.6 Å². The molecule has 3 N–H and O–H groups in total. The lowest BCUT2D eigenvalue weighted by atomic mass is 9.86. The number of hydrogen-bond donors (Lipinski definition) is 3. The van der Waals surface area contributed by atoms with Crippen LogP contribution in [0.15, 0.2) is 18.5 Å². The molecule has 0 aliphatic heterocycles. The third-order valence-electron chi connectivity index (χ3n) is 3.15. The Morgan fingerprint density at radius 3 is 2.68 bits per heavy atom. The van der Waals surface area contributed by atoms with Crippen LogP contribution in [0.25, 0.3) is 0 Å². The fourth-order valence-corrected chi connectivity index (χ4v) is 2.23. The molecule has 7 heteroatoms. The molecule has 2 unspecified atom stereocenters. The van der Waals surface area contributed by atoms with Gasteiger partial charge in [-0.1, -0.05) is 6.42 Å². The SMILES string of the molecule is O=C(Nc1ncccn1)NC1CCCC(C(=O)O)C1. The second kappa shape index (κ2) is 6.12. The first kappa shape index (κ1) is 13.3. The second-order valence-corrected chi connectivity index (χ2v) is 4.57. The van der Waals surface area contributed by atoms with Gasteiger partial charge in [-0.05, 0) is 25.3 Å². The maximum Gasteiger partial charge on any atom is 0.321 e. The number of hydrogen-bond acceptors (Lipinski definition) is 4. The van der Waals surface area contributed by atoms with Crippen molar-refractivity contribution in [1.82, 2.24) is 15.3 Å². The highest BCUT2D eigenvalue weighted by Gasteiger charge is 2.27. The zero-order chi connectivity index (χ0) is 13.7. The topological polar surface area (TPSA) is 104 Å². The Hall–Kier alpha value is -2.18. The molecule has 1 saturated carbocycles. The number of nitrogens with one attached hydrogen (secondary N) is 2. The van der Waals surface area contributed by atoms with Gasteiger partial charge in [-0.15, -0.1) is 0 Å². The van der Waals surface area contributed by atoms with Crippen LogP contribution in [0, 0.1) is 5.92 Å². The minimum absolute atomic E-state index is 0.112. The molecule has 1 aromatic rings. The molecule has 7 nitrogen and oxygen atoms in total. The highest BCUT2D eigenvalue weighted by Crippen LogP contribution is 2.24. The van der Waals surface area contributed by atoms with Crippen molar-refractivity contribution in [2.45, 2.75) is 31.7 Å². The standard InChI is InChI=1S/C12H16N4O3/c17-10(18)8-3-1-4-9(7-8)15-12(19)16-11-13-5-2-6-14-11/h2,5-6,8-9H,1,3-4,7H2,(H,17,18)(H2,13,14,15,16,19). The van der Waals surface area contributed by atoms with Crippen LogP contribution in [-0.4, -0.2) is 33.1 Å². The van der Waals surface area contributed by atoms with Gasteiger partial charge in [-0.25, -0.2) is 14.8 Å². The summed E-state index contributed by atoms with van der Waals surface area (Å²) >= 11 is 0. The number of carboxylic acids is 1. The number of nitrogens with zero attached hydrogens (tertiary/aromatic N) is 2. The summed E-state index contributed by atoms with van der Waals surface area (Å²) in [5, 5.41) is 14.2. The summed E-state index contributed by atoms with van der Waals surface area (Å²) in [6, 6.07) is 1.14. The summed E-state index contributed by atoms with van der Waals surface area (Å²) in [5.74, 6) is -0.934. The maximum atomic E-state index is 11.7. The molecule has 19 heavy (non-hydrogen) atoms. The van der Waals surface area contributed by atoms with E-state index in [1.54, 1.807) is 6.07 Å². The maximum absolute atomic E-state index is 11.7. The van der Waals surface area contributed by atoms with Crippen LogP contribution in [0.3, 0.4) is 0 Å². The zero-order valence-corrected chi connectivity index (χ0v) is 10.4. The van der Waals surface area contributed by atoms with Crippen molar-refractivity contribution in [1.29, 1.82) is 0 Å². The van der Waals surface area contributed by atoms with E-state index in [-0.39, 0.29) is 17.9 Å². The molecule has 1 aromatic heterocycles. The molecule has 102 valence electrons. The molecule has 0 radical (unpaired) electrons. The van der Waals surface area contributed by atoms with Crippen LogP contribution in [0.2, 0.25) is 0 Å². The first-order chi connectivity index (χ1) is 9.15. The predicted octanol–water partition coefficient (Wildman–Crippen LogP) is 1.24. The number of rotatable bonds is 3. The van der Waals surface area contributed by atoms with Gasteiger partial charge in [0.2, 0.25) is 5.95 Å². The van der Waals surface area contributed by atoms with Gasteiger partial charge >= 0.3 is 12.0 Å². The summed E-state index contributed by atoms with van der Waals surface area (Å²) in [6.45, 7) is 0. The number of aliphatic carboxylic acids is 1. The minimum Gasteiger partial charge on any atom is -0.481 e. The molecule has 0 aromatic carbocycles. The third kappa shape index (κ3) is 3.90. The van der Waals surface area contributed by atoms with Crippen molar-refractivity contribution < 1.29 is 14.7 Å². The Kier molecular flexibility index (Phi) is 4.27. The fraction of sp³-hybridized carbons (Fsp3) is 0.500. The van der Waals surface area contributed by atoms with Crippen LogP contribution < -0.4 is 10.6 Å². The van der Waals surface area contributed by atoms with E-state index in [1.165, 1.54) is 12.4 Å². The molecule has 0 bridgehead atoms. The summed E-state index contributed by atoms with van der Waals surface area (Å²) in [4.78, 5) is 30.4. The minimum atomic E-state index is -0.793. The largest absolute Gasteiger partial charge is 0.481 e. The molecule has 1 aliphatic rings. The molecule has 2 amide bonds. The van der Waals surface area contributed by atoms with Crippen LogP contribution in [0.1, 0.15) is 25.7 Å². The molecule has 0 spiro atoms. The monoisotopic (exact) mass is 264 g/mol. The van der Waals surface area contributed by atoms with Gasteiger partial charge in [-0.2, -0.15) is 0 Å². The first-order valence-electron chi connectivity index (χ1n) is 6.22. The van der Waals surface area contributed by atoms with Crippen LogP contribution in [0.4, 0.5) is 10.7 Å². The Bertz CT molecular complexity index is 452. The molecule has 2 rings (SSSR count). The molecule has 1 heterocycles. The van der Waals surface area contributed by atoms with Crippen molar-refractivity contribution in [3.8, 4) is 0 Å². The second-order valence-electron chi connectivity index (χ2n) is 4.57. The Labute approximate surface area is 110 Å². The van der Waals surface area contributed by atoms with Gasteiger partial charge in [0.1, 0.15) is 0 Å². The lowest BCUT2D eigenvalue weighted by molar-refractivity contribution is -0.143. The van der Waals surface area contributed by atoms with Crippen molar-refractivity contribution in [2.75, 3.05) is 5.32 Å². The van der Waals surface area contributed by atoms with Gasteiger partial charge in [0.15, 0.2) is 0 Å². The Balaban J connectivity index is 1.83. The fourth-order valence-electron chi connectivity index (χ4n) is 2.23. The van der Waals surface area contributed by atoms with Crippen molar-refractivity contribution in [3.05, 3.63) is 18.5 Å². The predicted molar refractivity (Wildman–Crippen MR) is 67.6 cm³/mol. The zero-order valence-electron chi connectivity index (χ0n) is 10.4. The number of aromatic nitrogens is 2. The molecular weight excluding hydrogens is 248 g/mol. The number of carbonyl (C=O) groups is 2. The average Bonchev–Trinajstić information content (AvgIpc) is 2.40. The Morgan fingerprint density at radius 1 is 1.26 bits per heavy atom. The van der Waals surface area contributed by atoms with Crippen molar-refractivity contribution in [2.24, 2.45) is 5.92 Å². The van der Waals surface area contributed by atoms with Crippen molar-refractivity contribution in [3.63, 3.8) is 0 Å². The van der Waals surface area contributed by atoms with Crippen LogP contribution >= 0.6 is 0 Å². The van der Waals surface area contributed by atoms with Crippen LogP contribution in [0.5, 0.6) is 0 Å². The molecule has 1 fully saturated rings. The van der Waals surface area contributed by atoms with Gasteiger partial charge in [0, 0.05) is 18.4 Å². The van der Waals surface area contributed by atoms with Gasteiger partial charge in [0.05, 0.1) is 5.92 Å². The van der Waals surface area contributed by atoms with Gasteiger partial charge in [0.25, 0.3) is 0 Å². The van der Waals surface area contributed by atoms with Gasteiger partial charge < -0.3 is 10.4 Å². The van der Waals surface area contributed by atoms with E-state index in [1.807, 2.05) is 0 Å². The lowest BCUT2D eigenvalue weighted by Crippen LogP contribution is -2.42. The molecule has 2 atom stereocenters. The highest BCUT2D eigenvalue weighted by atomic mass is 16.4. The Morgan fingerprint density at radius 2 is 2.00 bits per heavy atom. The summed E-state index contributed by atoms with van der Waals surface area (Å²) in [5.41, 5.74) is 0. The number of urea groups is 1. The highest BCUT2D eigenvalue weighted by molar-refractivity contribution is 5.87. The van der Waals surface area contributed by atoms with Gasteiger partial charge in [-0.3, -0.25) is 10.1 Å². The smallest absolute Gasteiger partial charge is 0.321 e. The first-order valence-corrected chi connectivity index (χ1v) is 6.22. The summed E-state index contributed by atoms with van der Waals surface area (Å²) in [7, 11) is 0. The van der Waals surface area contributed by atoms with E-state index >= 15 is 0 Å². The average molecular weight is 264 g/mol. The van der Waals surface area contributed by atoms with E-state index < -0.39 is 12.0 Å². The van der Waals surface area contributed by atoms with E-state index in [4.69, 9.17) is 5.11 Å².